The second kappa shape index (κ2) is 6.95. The van der Waals surface area contributed by atoms with Gasteiger partial charge in [-0.25, -0.2) is 4.98 Å². The van der Waals surface area contributed by atoms with Crippen molar-refractivity contribution in [2.24, 2.45) is 0 Å². The van der Waals surface area contributed by atoms with E-state index in [1.54, 1.807) is 11.3 Å². The molecule has 0 amide bonds. The van der Waals surface area contributed by atoms with E-state index in [2.05, 4.69) is 34.2 Å². The van der Waals surface area contributed by atoms with Gasteiger partial charge in [0, 0.05) is 17.2 Å². The van der Waals surface area contributed by atoms with Crippen molar-refractivity contribution in [2.75, 3.05) is 12.4 Å². The topological polar surface area (TPSA) is 28.2 Å². The van der Waals surface area contributed by atoms with Crippen molar-refractivity contribution >= 4 is 60.5 Å². The molecule has 0 aliphatic rings. The molecular weight excluding hydrogens is 390 g/mol. The number of halogens is 1. The van der Waals surface area contributed by atoms with E-state index in [0.29, 0.717) is 5.11 Å². The van der Waals surface area contributed by atoms with Gasteiger partial charge in [-0.1, -0.05) is 34.1 Å². The van der Waals surface area contributed by atoms with Crippen LogP contribution in [0.15, 0.2) is 53.0 Å². The fraction of sp³-hybridized carbons (Fsp3) is 0.176. The summed E-state index contributed by atoms with van der Waals surface area (Å²) in [6, 6.07) is 16.3. The summed E-state index contributed by atoms with van der Waals surface area (Å²) in [5, 5.41) is 5.01. The summed E-state index contributed by atoms with van der Waals surface area (Å²) < 4.78 is 2.22. The number of thiocarbonyl (C=S) groups is 1. The molecule has 0 unspecified atom stereocenters. The van der Waals surface area contributed by atoms with E-state index in [1.165, 1.54) is 4.70 Å². The molecule has 0 saturated heterocycles. The van der Waals surface area contributed by atoms with Gasteiger partial charge >= 0.3 is 0 Å². The lowest BCUT2D eigenvalue weighted by atomic mass is 10.3. The van der Waals surface area contributed by atoms with Gasteiger partial charge in [-0.3, -0.25) is 0 Å². The molecule has 0 saturated carbocycles. The number of aromatic nitrogens is 1. The minimum absolute atomic E-state index is 0.111. The lowest BCUT2D eigenvalue weighted by Gasteiger charge is -2.26. The smallest absolute Gasteiger partial charge is 0.173 e. The Morgan fingerprint density at radius 3 is 2.78 bits per heavy atom. The van der Waals surface area contributed by atoms with Crippen molar-refractivity contribution in [3.63, 3.8) is 0 Å². The van der Waals surface area contributed by atoms with Crippen LogP contribution in [0.25, 0.3) is 10.2 Å². The number of benzene rings is 2. The normalized spacial score (nSPS) is 12.1. The maximum absolute atomic E-state index is 5.54. The van der Waals surface area contributed by atoms with Crippen LogP contribution in [-0.2, 0) is 0 Å². The van der Waals surface area contributed by atoms with E-state index >= 15 is 0 Å². The number of nitrogens with zero attached hydrogens (tertiary/aromatic N) is 2. The molecule has 3 rings (SSSR count). The van der Waals surface area contributed by atoms with Crippen LogP contribution in [-0.4, -0.2) is 22.0 Å². The van der Waals surface area contributed by atoms with Crippen LogP contribution in [0.2, 0.25) is 0 Å². The number of hydrogen-bond acceptors (Lipinski definition) is 3. The average molecular weight is 406 g/mol. The summed E-state index contributed by atoms with van der Waals surface area (Å²) in [5.74, 6) is 0. The third kappa shape index (κ3) is 3.71. The van der Waals surface area contributed by atoms with Gasteiger partial charge in [-0.05, 0) is 49.5 Å². The van der Waals surface area contributed by atoms with E-state index in [-0.39, 0.29) is 6.04 Å². The van der Waals surface area contributed by atoms with Gasteiger partial charge in [0.05, 0.1) is 16.3 Å². The average Bonchev–Trinajstić information content (AvgIpc) is 2.97. The standard InChI is InChI=1S/C17H16BrN3S2/c1-11(16-20-14-8-3-4-9-15(14)23-16)21(2)17(22)19-13-7-5-6-12(18)10-13/h3-11H,1-2H3,(H,19,22)/t11-/m1/s1. The zero-order chi connectivity index (χ0) is 16.4. The molecule has 1 heterocycles. The number of anilines is 1. The maximum Gasteiger partial charge on any atom is 0.173 e. The Bertz CT molecular complexity index is 813. The Morgan fingerprint density at radius 2 is 2.04 bits per heavy atom. The number of nitrogens with one attached hydrogen (secondary N) is 1. The highest BCUT2D eigenvalue weighted by Crippen LogP contribution is 2.29. The molecule has 0 spiro atoms. The summed E-state index contributed by atoms with van der Waals surface area (Å²) >= 11 is 10.7. The summed E-state index contributed by atoms with van der Waals surface area (Å²) in [5.41, 5.74) is 2.01. The van der Waals surface area contributed by atoms with Crippen LogP contribution in [0.3, 0.4) is 0 Å². The van der Waals surface area contributed by atoms with Crippen molar-refractivity contribution in [3.8, 4) is 0 Å². The first-order chi connectivity index (χ1) is 11.0. The third-order valence-corrected chi connectivity index (χ3v) is 5.73. The number of hydrogen-bond donors (Lipinski definition) is 1. The van der Waals surface area contributed by atoms with Crippen LogP contribution < -0.4 is 5.32 Å². The van der Waals surface area contributed by atoms with Gasteiger partial charge in [-0.15, -0.1) is 11.3 Å². The monoisotopic (exact) mass is 405 g/mol. The molecule has 0 fully saturated rings. The zero-order valence-corrected chi connectivity index (χ0v) is 16.0. The Kier molecular flexibility index (Phi) is 4.94. The molecular formula is C17H16BrN3S2. The quantitative estimate of drug-likeness (QED) is 0.586. The molecule has 0 bridgehead atoms. The summed E-state index contributed by atoms with van der Waals surface area (Å²) in [6.07, 6.45) is 0. The number of fused-ring (bicyclic) bond motifs is 1. The Balaban J connectivity index is 1.75. The molecule has 1 aromatic heterocycles. The largest absolute Gasteiger partial charge is 0.343 e. The summed E-state index contributed by atoms with van der Waals surface area (Å²) in [4.78, 5) is 6.75. The van der Waals surface area contributed by atoms with Crippen LogP contribution in [0.1, 0.15) is 18.0 Å². The Morgan fingerprint density at radius 1 is 1.26 bits per heavy atom. The van der Waals surface area contributed by atoms with Gasteiger partial charge in [0.2, 0.25) is 0 Å². The molecule has 0 radical (unpaired) electrons. The van der Waals surface area contributed by atoms with E-state index < -0.39 is 0 Å². The van der Waals surface area contributed by atoms with Crippen LogP contribution in [0.5, 0.6) is 0 Å². The van der Waals surface area contributed by atoms with Crippen molar-refractivity contribution in [2.45, 2.75) is 13.0 Å². The highest BCUT2D eigenvalue weighted by molar-refractivity contribution is 9.10. The molecule has 3 aromatic rings. The maximum atomic E-state index is 5.54. The van der Waals surface area contributed by atoms with Gasteiger partial charge < -0.3 is 10.2 Å². The minimum atomic E-state index is 0.111. The highest BCUT2D eigenvalue weighted by atomic mass is 79.9. The van der Waals surface area contributed by atoms with Gasteiger partial charge in [0.15, 0.2) is 5.11 Å². The predicted octanol–water partition coefficient (Wildman–Crippen LogP) is 5.45. The second-order valence-corrected chi connectivity index (χ2v) is 7.61. The summed E-state index contributed by atoms with van der Waals surface area (Å²) in [7, 11) is 1.99. The number of rotatable bonds is 3. The first kappa shape index (κ1) is 16.4. The number of thiazole rings is 1. The second-order valence-electron chi connectivity index (χ2n) is 5.25. The molecule has 0 aliphatic carbocycles. The first-order valence-electron chi connectivity index (χ1n) is 7.19. The highest BCUT2D eigenvalue weighted by Gasteiger charge is 2.18. The number of para-hydroxylation sites is 1. The predicted molar refractivity (Wildman–Crippen MR) is 106 cm³/mol. The lowest BCUT2D eigenvalue weighted by Crippen LogP contribution is -2.33. The minimum Gasteiger partial charge on any atom is -0.343 e. The fourth-order valence-electron chi connectivity index (χ4n) is 2.19. The van der Waals surface area contributed by atoms with Crippen molar-refractivity contribution in [1.29, 1.82) is 0 Å². The van der Waals surface area contributed by atoms with Crippen LogP contribution in [0, 0.1) is 0 Å². The van der Waals surface area contributed by atoms with Gasteiger partial charge in [0.25, 0.3) is 0 Å². The molecule has 3 nitrogen and oxygen atoms in total. The first-order valence-corrected chi connectivity index (χ1v) is 9.21. The van der Waals surface area contributed by atoms with E-state index in [9.17, 15) is 0 Å². The van der Waals surface area contributed by atoms with Crippen LogP contribution >= 0.6 is 39.5 Å². The van der Waals surface area contributed by atoms with E-state index in [4.69, 9.17) is 17.2 Å². The van der Waals surface area contributed by atoms with Gasteiger partial charge in [-0.2, -0.15) is 0 Å². The van der Waals surface area contributed by atoms with E-state index in [1.807, 2.05) is 54.4 Å². The van der Waals surface area contributed by atoms with Crippen molar-refractivity contribution in [3.05, 3.63) is 58.0 Å². The third-order valence-electron chi connectivity index (χ3n) is 3.64. The van der Waals surface area contributed by atoms with Crippen molar-refractivity contribution < 1.29 is 0 Å². The molecule has 6 heteroatoms. The Labute approximate surface area is 153 Å². The summed E-state index contributed by atoms with van der Waals surface area (Å²) in [6.45, 7) is 2.12. The Hall–Kier alpha value is -1.50. The van der Waals surface area contributed by atoms with E-state index in [0.717, 1.165) is 20.7 Å². The zero-order valence-electron chi connectivity index (χ0n) is 12.8. The lowest BCUT2D eigenvalue weighted by molar-refractivity contribution is 0.407. The molecule has 1 atom stereocenters. The van der Waals surface area contributed by atoms with Gasteiger partial charge in [0.1, 0.15) is 5.01 Å². The fourth-order valence-corrected chi connectivity index (χ4v) is 3.93. The molecule has 23 heavy (non-hydrogen) atoms. The molecule has 1 N–H and O–H groups in total. The molecule has 118 valence electrons. The van der Waals surface area contributed by atoms with Crippen LogP contribution in [0.4, 0.5) is 5.69 Å². The SMILES string of the molecule is C[C@H](c1nc2ccccc2s1)N(C)C(=S)Nc1cccc(Br)c1. The molecule has 2 aromatic carbocycles. The van der Waals surface area contributed by atoms with Crippen molar-refractivity contribution in [1.82, 2.24) is 9.88 Å². The molecule has 0 aliphatic heterocycles.